The quantitative estimate of drug-likeness (QED) is 0.187. The minimum atomic E-state index is -2.63. The van der Waals surface area contributed by atoms with E-state index in [9.17, 15) is 19.9 Å². The third-order valence-electron chi connectivity index (χ3n) is 5.55. The summed E-state index contributed by atoms with van der Waals surface area (Å²) in [5.74, 6) is 0.00257. The van der Waals surface area contributed by atoms with Crippen LogP contribution in [0.4, 0.5) is 0 Å². The Morgan fingerprint density at radius 1 is 1.08 bits per heavy atom. The van der Waals surface area contributed by atoms with Gasteiger partial charge in [-0.1, -0.05) is 47.2 Å². The van der Waals surface area contributed by atoms with Crippen molar-refractivity contribution < 1.29 is 33.9 Å². The highest BCUT2D eigenvalue weighted by Crippen LogP contribution is 2.34. The number of aromatic nitrogens is 1. The summed E-state index contributed by atoms with van der Waals surface area (Å²) in [6.07, 6.45) is 1.50. The number of ether oxygens (including phenoxy) is 2. The molecule has 2 N–H and O–H groups in total. The van der Waals surface area contributed by atoms with Gasteiger partial charge in [0.15, 0.2) is 11.8 Å². The van der Waals surface area contributed by atoms with Crippen LogP contribution in [0.5, 0.6) is 23.0 Å². The number of rotatable bonds is 9. The molecule has 2 atom stereocenters. The Morgan fingerprint density at radius 3 is 2.54 bits per heavy atom. The number of aryl methyl sites for hydroxylation is 1. The fourth-order valence-electron chi connectivity index (χ4n) is 3.51. The summed E-state index contributed by atoms with van der Waals surface area (Å²) in [6, 6.07) is 18.4. The molecule has 0 saturated heterocycles. The lowest BCUT2D eigenvalue weighted by Gasteiger charge is -2.13. The van der Waals surface area contributed by atoms with Crippen molar-refractivity contribution in [3.05, 3.63) is 89.7 Å². The molecule has 10 heteroatoms. The van der Waals surface area contributed by atoms with Gasteiger partial charge in [-0.25, -0.2) is 4.79 Å². The Kier molecular flexibility index (Phi) is 8.30. The van der Waals surface area contributed by atoms with Crippen LogP contribution in [0.1, 0.15) is 23.7 Å². The third-order valence-corrected chi connectivity index (χ3v) is 6.43. The Labute approximate surface area is 214 Å². The number of aliphatic hydroxyl groups excluding tert-OH is 1. The first-order valence-electron chi connectivity index (χ1n) is 11.4. The summed E-state index contributed by atoms with van der Waals surface area (Å²) in [4.78, 5) is 29.2. The van der Waals surface area contributed by atoms with E-state index in [0.717, 1.165) is 10.8 Å². The lowest BCUT2D eigenvalue weighted by Crippen LogP contribution is -2.21. The Balaban J connectivity index is 1.41. The van der Waals surface area contributed by atoms with Crippen LogP contribution in [0.3, 0.4) is 0 Å². The largest absolute Gasteiger partial charge is 0.575 e. The van der Waals surface area contributed by atoms with Gasteiger partial charge in [-0.05, 0) is 48.9 Å². The summed E-state index contributed by atoms with van der Waals surface area (Å²) >= 11 is 0. The van der Waals surface area contributed by atoms with Crippen molar-refractivity contribution in [1.82, 2.24) is 4.98 Å². The molecule has 0 amide bonds. The van der Waals surface area contributed by atoms with Crippen LogP contribution >= 0.6 is 8.17 Å². The molecule has 1 unspecified atom stereocenters. The maximum Gasteiger partial charge on any atom is 0.395 e. The fourth-order valence-corrected chi connectivity index (χ4v) is 4.26. The molecule has 190 valence electrons. The van der Waals surface area contributed by atoms with E-state index in [1.165, 1.54) is 13.1 Å². The Bertz CT molecular complexity index is 1460. The van der Waals surface area contributed by atoms with Crippen LogP contribution in [-0.4, -0.2) is 27.2 Å². The molecule has 0 bridgehead atoms. The molecule has 4 aromatic rings. The van der Waals surface area contributed by atoms with Gasteiger partial charge in [-0.2, -0.15) is 0 Å². The summed E-state index contributed by atoms with van der Waals surface area (Å²) in [5.41, 5.74) is 1.19. The van der Waals surface area contributed by atoms with Crippen LogP contribution in [0, 0.1) is 6.92 Å². The molecule has 4 rings (SSSR count). The highest BCUT2D eigenvalue weighted by atomic mass is 31.1. The zero-order chi connectivity index (χ0) is 26.4. The number of aromatic hydroxyl groups is 1. The fraction of sp³-hybridized carbons (Fsp3) is 0.185. The van der Waals surface area contributed by atoms with Crippen LogP contribution < -0.4 is 18.9 Å². The van der Waals surface area contributed by atoms with Crippen molar-refractivity contribution >= 4 is 24.9 Å². The van der Waals surface area contributed by atoms with Gasteiger partial charge in [0.2, 0.25) is 5.75 Å². The number of pyridine rings is 1. The number of benzene rings is 3. The number of carbonyl (C=O) groups excluding carboxylic acids is 1. The van der Waals surface area contributed by atoms with Gasteiger partial charge in [0.1, 0.15) is 18.1 Å². The van der Waals surface area contributed by atoms with Crippen molar-refractivity contribution in [3.63, 3.8) is 0 Å². The van der Waals surface area contributed by atoms with Gasteiger partial charge in [-0.3, -0.25) is 9.51 Å². The van der Waals surface area contributed by atoms with Crippen LogP contribution in [-0.2, 0) is 18.0 Å². The summed E-state index contributed by atoms with van der Waals surface area (Å²) < 4.78 is 20.6. The molecule has 37 heavy (non-hydrogen) atoms. The van der Waals surface area contributed by atoms with E-state index in [1.54, 1.807) is 43.3 Å². The maximum atomic E-state index is 12.6. The van der Waals surface area contributed by atoms with Crippen LogP contribution in [0.2, 0.25) is 0 Å². The van der Waals surface area contributed by atoms with E-state index < -0.39 is 20.2 Å². The van der Waals surface area contributed by atoms with Gasteiger partial charge in [0.05, 0.1) is 12.3 Å². The van der Waals surface area contributed by atoms with Crippen molar-refractivity contribution in [1.29, 1.82) is 0 Å². The van der Waals surface area contributed by atoms with Crippen LogP contribution in [0.25, 0.3) is 10.8 Å². The molecule has 0 aliphatic carbocycles. The van der Waals surface area contributed by atoms with Gasteiger partial charge in [0, 0.05) is 17.3 Å². The molecular formula is C27H25N2O7P. The predicted octanol–water partition coefficient (Wildman–Crippen LogP) is 4.55. The average molecular weight is 520 g/mol. The smallest absolute Gasteiger partial charge is 0.395 e. The standard InChI is InChI=1S/C27H25N2O7P/c1-17-26(31)23(15-30)21(14-28-17)16-34-24-9-5-6-10-25(24)36-37(33)29-18(2)27(32)35-22-12-11-19-7-3-4-8-20(19)13-22/h3-14,18,30-31H,15-16H2,1-2H3/t18-/m0/s1. The average Bonchev–Trinajstić information content (AvgIpc) is 2.90. The van der Waals surface area contributed by atoms with Crippen LogP contribution in [0.15, 0.2) is 77.7 Å². The summed E-state index contributed by atoms with van der Waals surface area (Å²) in [7, 11) is -2.63. The molecule has 3 aromatic carbocycles. The molecule has 0 aliphatic rings. The number of hydrogen-bond acceptors (Lipinski definition) is 9. The summed E-state index contributed by atoms with van der Waals surface area (Å²) in [6.45, 7) is 2.68. The minimum absolute atomic E-state index is 0.0283. The lowest BCUT2D eigenvalue weighted by atomic mass is 10.1. The summed E-state index contributed by atoms with van der Waals surface area (Å²) in [5, 5.41) is 21.7. The second kappa shape index (κ2) is 11.8. The Morgan fingerprint density at radius 2 is 1.78 bits per heavy atom. The zero-order valence-electron chi connectivity index (χ0n) is 20.2. The molecule has 9 nitrogen and oxygen atoms in total. The predicted molar refractivity (Wildman–Crippen MR) is 136 cm³/mol. The van der Waals surface area contributed by atoms with Crippen molar-refractivity contribution in [2.24, 2.45) is 4.74 Å². The van der Waals surface area contributed by atoms with Gasteiger partial charge in [-0.15, -0.1) is 0 Å². The highest BCUT2D eigenvalue weighted by Gasteiger charge is 2.21. The van der Waals surface area contributed by atoms with E-state index in [-0.39, 0.29) is 30.5 Å². The number of carbonyl (C=O) groups is 1. The minimum Gasteiger partial charge on any atom is -0.575 e. The van der Waals surface area contributed by atoms with E-state index in [4.69, 9.17) is 14.0 Å². The SMILES string of the molecule is Cc1ncc(COc2ccccc2O[P+]([O-])=N[C@@H](C)C(=O)Oc2ccc3ccccc3c2)c(CO)c1O. The monoisotopic (exact) mass is 520 g/mol. The van der Waals surface area contributed by atoms with E-state index in [0.29, 0.717) is 22.6 Å². The topological polar surface area (TPSA) is 134 Å². The molecule has 0 fully saturated rings. The number of esters is 1. The number of hydrogen-bond donors (Lipinski definition) is 2. The second-order valence-corrected chi connectivity index (χ2v) is 9.03. The van der Waals surface area contributed by atoms with E-state index in [2.05, 4.69) is 9.73 Å². The highest BCUT2D eigenvalue weighted by molar-refractivity contribution is 7.34. The van der Waals surface area contributed by atoms with Gasteiger partial charge in [0.25, 0.3) is 0 Å². The van der Waals surface area contributed by atoms with Gasteiger partial charge >= 0.3 is 14.1 Å². The first-order chi connectivity index (χ1) is 17.9. The number of para-hydroxylation sites is 2. The number of fused-ring (bicyclic) bond motifs is 1. The molecule has 1 heterocycles. The van der Waals surface area contributed by atoms with E-state index in [1.807, 2.05) is 30.3 Å². The van der Waals surface area contributed by atoms with Crippen molar-refractivity contribution in [2.75, 3.05) is 0 Å². The number of aliphatic hydroxyl groups is 1. The molecule has 0 radical (unpaired) electrons. The molecular weight excluding hydrogens is 495 g/mol. The maximum absolute atomic E-state index is 12.6. The van der Waals surface area contributed by atoms with Gasteiger partial charge < -0.3 is 24.6 Å². The first-order valence-corrected chi connectivity index (χ1v) is 12.5. The van der Waals surface area contributed by atoms with Crippen molar-refractivity contribution in [3.8, 4) is 23.0 Å². The third kappa shape index (κ3) is 6.40. The zero-order valence-corrected chi connectivity index (χ0v) is 21.1. The Hall–Kier alpha value is -4.04. The number of nitrogens with zero attached hydrogens (tertiary/aromatic N) is 2. The first kappa shape index (κ1) is 26.0. The van der Waals surface area contributed by atoms with Crippen molar-refractivity contribution in [2.45, 2.75) is 33.1 Å². The molecule has 0 spiro atoms. The second-order valence-electron chi connectivity index (χ2n) is 8.14. The molecule has 0 aliphatic heterocycles. The lowest BCUT2D eigenvalue weighted by molar-refractivity contribution is -0.169. The molecule has 0 saturated carbocycles. The van der Waals surface area contributed by atoms with E-state index >= 15 is 0 Å². The normalized spacial score (nSPS) is 12.3. The molecule has 1 aromatic heterocycles.